The van der Waals surface area contributed by atoms with Gasteiger partial charge in [-0.25, -0.2) is 4.98 Å². The molecule has 0 bridgehead atoms. The lowest BCUT2D eigenvalue weighted by atomic mass is 9.98. The molecule has 0 spiro atoms. The van der Waals surface area contributed by atoms with Gasteiger partial charge in [-0.15, -0.1) is 0 Å². The smallest absolute Gasteiger partial charge is 0.149 e. The van der Waals surface area contributed by atoms with Crippen molar-refractivity contribution in [3.63, 3.8) is 0 Å². The molecular formula is C13H20N4. The van der Waals surface area contributed by atoms with E-state index in [1.165, 1.54) is 25.7 Å². The molecule has 0 unspecified atom stereocenters. The van der Waals surface area contributed by atoms with Crippen LogP contribution in [0.25, 0.3) is 0 Å². The van der Waals surface area contributed by atoms with Crippen molar-refractivity contribution in [3.05, 3.63) is 12.1 Å². The number of aromatic nitrogens is 1. The van der Waals surface area contributed by atoms with E-state index in [-0.39, 0.29) is 0 Å². The van der Waals surface area contributed by atoms with Gasteiger partial charge in [-0.05, 0) is 55.6 Å². The lowest BCUT2D eigenvalue weighted by Gasteiger charge is -2.16. The van der Waals surface area contributed by atoms with E-state index in [2.05, 4.69) is 10.3 Å². The molecule has 0 aromatic carbocycles. The molecule has 4 nitrogen and oxygen atoms in total. The molecule has 2 aliphatic rings. The highest BCUT2D eigenvalue weighted by atomic mass is 15.0. The van der Waals surface area contributed by atoms with E-state index in [4.69, 9.17) is 11.5 Å². The molecule has 4 heteroatoms. The van der Waals surface area contributed by atoms with Crippen molar-refractivity contribution >= 4 is 17.3 Å². The van der Waals surface area contributed by atoms with Gasteiger partial charge in [0.1, 0.15) is 11.6 Å². The maximum atomic E-state index is 5.70. The summed E-state index contributed by atoms with van der Waals surface area (Å²) in [5.41, 5.74) is 11.9. The third kappa shape index (κ3) is 2.46. The first-order valence-electron chi connectivity index (χ1n) is 6.50. The first-order valence-corrected chi connectivity index (χ1v) is 6.50. The fourth-order valence-corrected chi connectivity index (χ4v) is 2.57. The number of hydrogen-bond acceptors (Lipinski definition) is 4. The van der Waals surface area contributed by atoms with E-state index in [0.717, 1.165) is 30.1 Å². The van der Waals surface area contributed by atoms with Crippen molar-refractivity contribution in [3.8, 4) is 0 Å². The SMILES string of the molecule is Nc1ccc(NCC(C2CC2)C2CC2)nc1N. The van der Waals surface area contributed by atoms with Crippen molar-refractivity contribution in [2.24, 2.45) is 17.8 Å². The molecule has 92 valence electrons. The molecule has 0 aliphatic heterocycles. The highest BCUT2D eigenvalue weighted by Gasteiger charge is 2.40. The zero-order chi connectivity index (χ0) is 11.8. The Bertz CT molecular complexity index is 398. The monoisotopic (exact) mass is 232 g/mol. The lowest BCUT2D eigenvalue weighted by molar-refractivity contribution is 0.428. The molecular weight excluding hydrogens is 212 g/mol. The van der Waals surface area contributed by atoms with Crippen LogP contribution in [0.3, 0.4) is 0 Å². The summed E-state index contributed by atoms with van der Waals surface area (Å²) >= 11 is 0. The largest absolute Gasteiger partial charge is 0.396 e. The van der Waals surface area contributed by atoms with Crippen LogP contribution in [0.5, 0.6) is 0 Å². The van der Waals surface area contributed by atoms with Gasteiger partial charge in [-0.1, -0.05) is 0 Å². The van der Waals surface area contributed by atoms with Gasteiger partial charge in [0.25, 0.3) is 0 Å². The Morgan fingerprint density at radius 3 is 2.35 bits per heavy atom. The highest BCUT2D eigenvalue weighted by Crippen LogP contribution is 2.49. The summed E-state index contributed by atoms with van der Waals surface area (Å²) < 4.78 is 0. The Hall–Kier alpha value is -1.45. The summed E-state index contributed by atoms with van der Waals surface area (Å²) in [7, 11) is 0. The average molecular weight is 232 g/mol. The molecule has 2 aliphatic carbocycles. The van der Waals surface area contributed by atoms with E-state index in [1.54, 1.807) is 0 Å². The van der Waals surface area contributed by atoms with Crippen LogP contribution in [-0.4, -0.2) is 11.5 Å². The minimum atomic E-state index is 0.421. The van der Waals surface area contributed by atoms with E-state index >= 15 is 0 Å². The Labute approximate surface area is 102 Å². The molecule has 3 rings (SSSR count). The second kappa shape index (κ2) is 4.09. The van der Waals surface area contributed by atoms with Crippen LogP contribution in [0.2, 0.25) is 0 Å². The van der Waals surface area contributed by atoms with Crippen LogP contribution in [0.1, 0.15) is 25.7 Å². The number of nitrogens with two attached hydrogens (primary N) is 2. The molecule has 2 saturated carbocycles. The molecule has 0 radical (unpaired) electrons. The summed E-state index contributed by atoms with van der Waals surface area (Å²) in [6, 6.07) is 3.72. The van der Waals surface area contributed by atoms with Gasteiger partial charge >= 0.3 is 0 Å². The molecule has 0 saturated heterocycles. The summed E-state index contributed by atoms with van der Waals surface area (Å²) in [5, 5.41) is 3.41. The van der Waals surface area contributed by atoms with Crippen molar-refractivity contribution < 1.29 is 0 Å². The summed E-state index contributed by atoms with van der Waals surface area (Å²) in [6.45, 7) is 1.03. The van der Waals surface area contributed by atoms with Gasteiger partial charge in [-0.3, -0.25) is 0 Å². The number of anilines is 3. The second-order valence-electron chi connectivity index (χ2n) is 5.39. The first kappa shape index (κ1) is 10.7. The number of hydrogen-bond donors (Lipinski definition) is 3. The second-order valence-corrected chi connectivity index (χ2v) is 5.39. The van der Waals surface area contributed by atoms with E-state index in [9.17, 15) is 0 Å². The van der Waals surface area contributed by atoms with Crippen LogP contribution in [0, 0.1) is 17.8 Å². The van der Waals surface area contributed by atoms with Crippen LogP contribution in [0.4, 0.5) is 17.3 Å². The number of nitrogens with zero attached hydrogens (tertiary/aromatic N) is 1. The number of pyridine rings is 1. The molecule has 17 heavy (non-hydrogen) atoms. The van der Waals surface area contributed by atoms with E-state index in [0.29, 0.717) is 11.5 Å². The zero-order valence-electron chi connectivity index (χ0n) is 10.0. The summed E-state index contributed by atoms with van der Waals surface area (Å²) in [6.07, 6.45) is 5.67. The van der Waals surface area contributed by atoms with Gasteiger partial charge in [0.05, 0.1) is 5.69 Å². The quantitative estimate of drug-likeness (QED) is 0.726. The highest BCUT2D eigenvalue weighted by molar-refractivity contribution is 5.61. The molecule has 1 heterocycles. The van der Waals surface area contributed by atoms with Crippen molar-refractivity contribution in [2.45, 2.75) is 25.7 Å². The maximum Gasteiger partial charge on any atom is 0.149 e. The van der Waals surface area contributed by atoms with Gasteiger partial charge in [0, 0.05) is 6.54 Å². The average Bonchev–Trinajstić information content (AvgIpc) is 3.14. The molecule has 1 aromatic rings. The third-order valence-electron chi connectivity index (χ3n) is 3.93. The lowest BCUT2D eigenvalue weighted by Crippen LogP contribution is -2.19. The Balaban J connectivity index is 1.60. The summed E-state index contributed by atoms with van der Waals surface area (Å²) in [4.78, 5) is 4.25. The van der Waals surface area contributed by atoms with Crippen LogP contribution >= 0.6 is 0 Å². The molecule has 2 fully saturated rings. The number of rotatable bonds is 5. The molecule has 1 aromatic heterocycles. The minimum Gasteiger partial charge on any atom is -0.396 e. The summed E-state index contributed by atoms with van der Waals surface area (Å²) in [5.74, 6) is 4.03. The minimum absolute atomic E-state index is 0.421. The topological polar surface area (TPSA) is 77.0 Å². The maximum absolute atomic E-state index is 5.70. The first-order chi connectivity index (χ1) is 8.24. The predicted molar refractivity (Wildman–Crippen MR) is 70.5 cm³/mol. The van der Waals surface area contributed by atoms with Crippen LogP contribution < -0.4 is 16.8 Å². The van der Waals surface area contributed by atoms with E-state index in [1.807, 2.05) is 12.1 Å². The zero-order valence-corrected chi connectivity index (χ0v) is 10.0. The Kier molecular flexibility index (Phi) is 2.57. The van der Waals surface area contributed by atoms with Gasteiger partial charge < -0.3 is 16.8 Å². The molecule has 0 atom stereocenters. The molecule has 0 amide bonds. The van der Waals surface area contributed by atoms with Gasteiger partial charge in [0.15, 0.2) is 0 Å². The van der Waals surface area contributed by atoms with E-state index < -0.39 is 0 Å². The Morgan fingerprint density at radius 1 is 1.18 bits per heavy atom. The number of nitrogens with one attached hydrogen (secondary N) is 1. The fraction of sp³-hybridized carbons (Fsp3) is 0.615. The van der Waals surface area contributed by atoms with Crippen LogP contribution in [-0.2, 0) is 0 Å². The number of nitrogen functional groups attached to an aromatic ring is 2. The Morgan fingerprint density at radius 2 is 1.82 bits per heavy atom. The standard InChI is InChI=1S/C13H20N4/c14-11-5-6-12(17-13(11)15)16-7-10(8-1-2-8)9-3-4-9/h5-6,8-10H,1-4,7,14H2,(H3,15,16,17). The van der Waals surface area contributed by atoms with Crippen molar-refractivity contribution in [1.82, 2.24) is 4.98 Å². The fourth-order valence-electron chi connectivity index (χ4n) is 2.57. The van der Waals surface area contributed by atoms with Crippen molar-refractivity contribution in [1.29, 1.82) is 0 Å². The van der Waals surface area contributed by atoms with Gasteiger partial charge in [0.2, 0.25) is 0 Å². The predicted octanol–water partition coefficient (Wildman–Crippen LogP) is 2.09. The molecule has 5 N–H and O–H groups in total. The van der Waals surface area contributed by atoms with Crippen LogP contribution in [0.15, 0.2) is 12.1 Å². The third-order valence-corrected chi connectivity index (χ3v) is 3.93. The van der Waals surface area contributed by atoms with Crippen molar-refractivity contribution in [2.75, 3.05) is 23.3 Å². The van der Waals surface area contributed by atoms with Gasteiger partial charge in [-0.2, -0.15) is 0 Å². The normalized spacial score (nSPS) is 19.6.